The Hall–Kier alpha value is -2.38. The highest BCUT2D eigenvalue weighted by Gasteiger charge is 2.42. The molecule has 4 amide bonds. The molecule has 4 rings (SSSR count). The third kappa shape index (κ3) is 8.37. The summed E-state index contributed by atoms with van der Waals surface area (Å²) in [6.45, 7) is 8.38. The highest BCUT2D eigenvalue weighted by molar-refractivity contribution is 8.29. The lowest BCUT2D eigenvalue weighted by Crippen LogP contribution is -2.33. The zero-order valence-electron chi connectivity index (χ0n) is 23.2. The molecule has 0 aliphatic carbocycles. The van der Waals surface area contributed by atoms with Crippen LogP contribution in [0.15, 0.2) is 9.81 Å². The number of nitrogens with zero attached hydrogens (tertiary/aromatic N) is 6. The van der Waals surface area contributed by atoms with Crippen molar-refractivity contribution in [2.45, 2.75) is 53.4 Å². The van der Waals surface area contributed by atoms with Crippen LogP contribution < -0.4 is 10.6 Å². The molecule has 0 atom stereocenters. The van der Waals surface area contributed by atoms with Gasteiger partial charge in [0.15, 0.2) is 0 Å². The second kappa shape index (κ2) is 14.4. The van der Waals surface area contributed by atoms with E-state index >= 15 is 0 Å². The summed E-state index contributed by atoms with van der Waals surface area (Å²) in [6.07, 6.45) is 1.52. The smallest absolute Gasteiger partial charge is 0.267 e. The van der Waals surface area contributed by atoms with E-state index in [1.807, 2.05) is 0 Å². The fourth-order valence-electron chi connectivity index (χ4n) is 3.72. The number of carbonyl (C=O) groups excluding carboxylic acids is 4. The quantitative estimate of drug-likeness (QED) is 0.245. The van der Waals surface area contributed by atoms with E-state index in [0.29, 0.717) is 22.1 Å². The number of carbonyl (C=O) groups is 4. The second-order valence-electron chi connectivity index (χ2n) is 10.1. The van der Waals surface area contributed by atoms with Gasteiger partial charge in [0.25, 0.3) is 11.8 Å². The van der Waals surface area contributed by atoms with Crippen molar-refractivity contribution in [1.82, 2.24) is 30.2 Å². The van der Waals surface area contributed by atoms with Gasteiger partial charge in [-0.05, 0) is 11.8 Å². The van der Waals surface area contributed by atoms with Crippen molar-refractivity contribution in [1.29, 1.82) is 0 Å². The summed E-state index contributed by atoms with van der Waals surface area (Å²) in [5.41, 5.74) is 0. The van der Waals surface area contributed by atoms with Crippen molar-refractivity contribution in [2.24, 2.45) is 11.8 Å². The summed E-state index contributed by atoms with van der Waals surface area (Å²) in [5.74, 6) is -0.731. The lowest BCUT2D eigenvalue weighted by atomic mass is 10.1. The molecule has 0 spiro atoms. The third-order valence-electron chi connectivity index (χ3n) is 5.62. The third-order valence-corrected chi connectivity index (χ3v) is 10.4. The minimum Gasteiger partial charge on any atom is -0.300 e. The highest BCUT2D eigenvalue weighted by Crippen LogP contribution is 2.42. The Morgan fingerprint density at radius 1 is 0.714 bits per heavy atom. The molecule has 0 aromatic carbocycles. The summed E-state index contributed by atoms with van der Waals surface area (Å²) < 4.78 is 0.493. The van der Waals surface area contributed by atoms with Gasteiger partial charge in [0, 0.05) is 38.8 Å². The Kier molecular flexibility index (Phi) is 11.1. The topological polar surface area (TPSA) is 150 Å². The molecular weight excluding hydrogens is 657 g/mol. The van der Waals surface area contributed by atoms with Gasteiger partial charge in [0.2, 0.25) is 22.1 Å². The van der Waals surface area contributed by atoms with Gasteiger partial charge in [-0.15, -0.1) is 20.4 Å². The molecule has 0 radical (unpaired) electrons. The first-order valence-electron chi connectivity index (χ1n) is 13.0. The molecule has 2 N–H and O–H groups in total. The fourth-order valence-corrected chi connectivity index (χ4v) is 8.43. The first-order valence-corrected chi connectivity index (χ1v) is 17.1. The zero-order chi connectivity index (χ0) is 30.6. The Morgan fingerprint density at radius 3 is 1.45 bits per heavy atom. The van der Waals surface area contributed by atoms with Gasteiger partial charge in [-0.2, -0.15) is 0 Å². The van der Waals surface area contributed by atoms with E-state index in [1.165, 1.54) is 32.5 Å². The van der Waals surface area contributed by atoms with Gasteiger partial charge in [-0.3, -0.25) is 29.0 Å². The van der Waals surface area contributed by atoms with Gasteiger partial charge >= 0.3 is 0 Å². The van der Waals surface area contributed by atoms with Gasteiger partial charge in [0.05, 0.1) is 9.81 Å². The van der Waals surface area contributed by atoms with Crippen LogP contribution in [-0.4, -0.2) is 75.6 Å². The molecule has 0 bridgehead atoms. The van der Waals surface area contributed by atoms with Crippen LogP contribution in [-0.2, 0) is 32.0 Å². The fraction of sp³-hybridized carbons (Fsp3) is 0.500. The molecule has 4 heterocycles. The van der Waals surface area contributed by atoms with Crippen LogP contribution in [0.2, 0.25) is 0 Å². The predicted molar refractivity (Wildman–Crippen MR) is 174 cm³/mol. The molecule has 42 heavy (non-hydrogen) atoms. The van der Waals surface area contributed by atoms with Crippen molar-refractivity contribution < 1.29 is 19.2 Å². The van der Waals surface area contributed by atoms with E-state index in [-0.39, 0.29) is 56.2 Å². The maximum absolute atomic E-state index is 13.2. The summed E-state index contributed by atoms with van der Waals surface area (Å²) in [6, 6.07) is 0. The molecule has 2 aromatic rings. The summed E-state index contributed by atoms with van der Waals surface area (Å²) >= 11 is 15.4. The number of anilines is 2. The van der Waals surface area contributed by atoms with E-state index in [0.717, 1.165) is 46.4 Å². The molecular formula is C24H28N8O4S6. The van der Waals surface area contributed by atoms with Crippen LogP contribution in [0.3, 0.4) is 0 Å². The van der Waals surface area contributed by atoms with Gasteiger partial charge in [-0.25, -0.2) is 0 Å². The number of amides is 4. The van der Waals surface area contributed by atoms with Crippen LogP contribution >= 0.6 is 70.6 Å². The van der Waals surface area contributed by atoms with Crippen molar-refractivity contribution >= 4 is 113 Å². The van der Waals surface area contributed by atoms with Crippen LogP contribution in [0.5, 0.6) is 0 Å². The van der Waals surface area contributed by atoms with E-state index < -0.39 is 11.8 Å². The monoisotopic (exact) mass is 684 g/mol. The predicted octanol–water partition coefficient (Wildman–Crippen LogP) is 4.08. The number of thioether (sulfide) groups is 2. The van der Waals surface area contributed by atoms with E-state index in [9.17, 15) is 19.2 Å². The molecule has 2 saturated heterocycles. The van der Waals surface area contributed by atoms with Crippen molar-refractivity contribution in [3.8, 4) is 0 Å². The Bertz CT molecular complexity index is 1350. The number of hydrogen-bond acceptors (Lipinski definition) is 14. The average molecular weight is 685 g/mol. The molecule has 2 aromatic heterocycles. The minimum absolute atomic E-state index is 0.0114. The Labute approximate surface area is 269 Å². The maximum Gasteiger partial charge on any atom is 0.267 e. The first-order chi connectivity index (χ1) is 19.9. The molecule has 2 fully saturated rings. The largest absolute Gasteiger partial charge is 0.300 e. The summed E-state index contributed by atoms with van der Waals surface area (Å²) in [5, 5.41) is 24.0. The first kappa shape index (κ1) is 32.5. The lowest BCUT2D eigenvalue weighted by molar-refractivity contribution is -0.125. The van der Waals surface area contributed by atoms with Gasteiger partial charge in [0.1, 0.15) is 18.7 Å². The molecule has 2 aliphatic rings. The van der Waals surface area contributed by atoms with Crippen LogP contribution in [0, 0.1) is 11.8 Å². The summed E-state index contributed by atoms with van der Waals surface area (Å²) in [7, 11) is 0. The van der Waals surface area contributed by atoms with Crippen LogP contribution in [0.4, 0.5) is 10.3 Å². The number of aromatic nitrogens is 4. The lowest BCUT2D eigenvalue weighted by Gasteiger charge is -2.14. The van der Waals surface area contributed by atoms with Crippen LogP contribution in [0.1, 0.15) is 50.6 Å². The number of rotatable bonds is 12. The molecule has 224 valence electrons. The van der Waals surface area contributed by atoms with Crippen molar-refractivity contribution in [2.75, 3.05) is 23.7 Å². The van der Waals surface area contributed by atoms with Gasteiger partial charge < -0.3 is 10.6 Å². The highest BCUT2D eigenvalue weighted by atomic mass is 32.2. The maximum atomic E-state index is 13.2. The van der Waals surface area contributed by atoms with E-state index in [1.54, 1.807) is 0 Å². The van der Waals surface area contributed by atoms with E-state index in [4.69, 9.17) is 24.4 Å². The normalized spacial score (nSPS) is 17.4. The standard InChI is InChI=1S/C24H28N8O4S6/c1-11(2)9-15-27-29-21(39-15)25-13(33)5-7-31-19(35)17(41-23(31)37)18-20(36)32(24(38)42-18)8-6-14(34)26-22-30-28-16(40-22)10-12(3)4/h11-12H,5-10H2,1-4H3,(H,25,29,33)(H,26,30,34). The molecule has 0 unspecified atom stereocenters. The molecule has 2 aliphatic heterocycles. The number of hydrogen-bond donors (Lipinski definition) is 2. The van der Waals surface area contributed by atoms with Crippen molar-refractivity contribution in [3.63, 3.8) is 0 Å². The molecule has 0 saturated carbocycles. The second-order valence-corrected chi connectivity index (χ2v) is 15.5. The van der Waals surface area contributed by atoms with Gasteiger partial charge in [-0.1, -0.05) is 98.3 Å². The van der Waals surface area contributed by atoms with E-state index in [2.05, 4.69) is 58.7 Å². The number of nitrogens with one attached hydrogen (secondary N) is 2. The SMILES string of the molecule is CC(C)Cc1nnc(NC(=O)CCN2C(=O)C(=C3SC(=S)N(CCC(=O)Nc4nnc(CC(C)C)s4)C3=O)SC2=S)s1. The molecule has 12 nitrogen and oxygen atoms in total. The Morgan fingerprint density at radius 2 is 1.10 bits per heavy atom. The zero-order valence-corrected chi connectivity index (χ0v) is 28.1. The number of thiocarbonyl (C=S) groups is 2. The van der Waals surface area contributed by atoms with Crippen molar-refractivity contribution in [3.05, 3.63) is 19.8 Å². The Balaban J connectivity index is 1.30. The summed E-state index contributed by atoms with van der Waals surface area (Å²) in [4.78, 5) is 54.3. The van der Waals surface area contributed by atoms with Crippen LogP contribution in [0.25, 0.3) is 0 Å². The minimum atomic E-state index is -0.459. The molecule has 18 heteroatoms. The average Bonchev–Trinajstić information content (AvgIpc) is 3.65.